The Hall–Kier alpha value is -1.39. The number of hydrogen-bond donors (Lipinski definition) is 2. The Labute approximate surface area is 141 Å². The van der Waals surface area contributed by atoms with Crippen LogP contribution in [0.15, 0.2) is 34.9 Å². The molecule has 0 unspecified atom stereocenters. The highest BCUT2D eigenvalue weighted by atomic mass is 16.5. The Morgan fingerprint density at radius 1 is 1.04 bits per heavy atom. The average Bonchev–Trinajstić information content (AvgIpc) is 2.46. The molecule has 0 radical (unpaired) electrons. The van der Waals surface area contributed by atoms with E-state index < -0.39 is 12.0 Å². The van der Waals surface area contributed by atoms with Gasteiger partial charge in [-0.1, -0.05) is 28.9 Å². The molecule has 1 atom stereocenters. The van der Waals surface area contributed by atoms with Crippen LogP contribution in [0.5, 0.6) is 0 Å². The number of allylic oxidation sites excluding steroid dienone is 5. The molecule has 132 valence electrons. The minimum atomic E-state index is -0.736. The summed E-state index contributed by atoms with van der Waals surface area (Å²) in [5, 5.41) is 8.71. The molecule has 0 aliphatic rings. The van der Waals surface area contributed by atoms with E-state index in [2.05, 4.69) is 32.9 Å². The summed E-state index contributed by atoms with van der Waals surface area (Å²) in [4.78, 5) is 11.5. The zero-order valence-electron chi connectivity index (χ0n) is 15.1. The molecule has 0 heterocycles. The maximum Gasteiger partial charge on any atom is 0.323 e. The topological polar surface area (TPSA) is 72.5 Å². The highest BCUT2D eigenvalue weighted by Gasteiger charge is 2.13. The van der Waals surface area contributed by atoms with E-state index in [1.807, 2.05) is 13.0 Å². The van der Waals surface area contributed by atoms with Crippen LogP contribution < -0.4 is 5.73 Å². The lowest BCUT2D eigenvalue weighted by atomic mass is 10.1. The van der Waals surface area contributed by atoms with Crippen molar-refractivity contribution in [3.8, 4) is 0 Å². The standard InChI is InChI=1S/C19H33NO3/c1-15(2)7-5-8-16(3)9-6-10-17(4)12-14-23-19(22)18(20)11-13-21/h7,9,12,18,21H,5-6,8,10-11,13-14,20H2,1-4H3/t18-/m0/s1. The first kappa shape index (κ1) is 21.6. The number of carbonyl (C=O) groups is 1. The Morgan fingerprint density at radius 3 is 2.17 bits per heavy atom. The maximum absolute atomic E-state index is 11.5. The third-order valence-corrected chi connectivity index (χ3v) is 3.52. The quantitative estimate of drug-likeness (QED) is 0.449. The molecule has 0 aromatic carbocycles. The highest BCUT2D eigenvalue weighted by Crippen LogP contribution is 2.11. The molecular weight excluding hydrogens is 290 g/mol. The molecule has 4 heteroatoms. The predicted octanol–water partition coefficient (Wildman–Crippen LogP) is 3.66. The van der Waals surface area contributed by atoms with Gasteiger partial charge in [-0.15, -0.1) is 0 Å². The summed E-state index contributed by atoms with van der Waals surface area (Å²) in [6.45, 7) is 8.58. The Kier molecular flexibility index (Phi) is 12.3. The first-order valence-corrected chi connectivity index (χ1v) is 8.34. The van der Waals surface area contributed by atoms with E-state index >= 15 is 0 Å². The minimum absolute atomic E-state index is 0.107. The fraction of sp³-hybridized carbons (Fsp3) is 0.632. The first-order chi connectivity index (χ1) is 10.9. The van der Waals surface area contributed by atoms with Crippen molar-refractivity contribution in [2.45, 2.75) is 65.8 Å². The fourth-order valence-electron chi connectivity index (χ4n) is 1.97. The third-order valence-electron chi connectivity index (χ3n) is 3.52. The Balaban J connectivity index is 3.98. The van der Waals surface area contributed by atoms with Crippen LogP contribution in [0.1, 0.15) is 59.8 Å². The van der Waals surface area contributed by atoms with Crippen molar-refractivity contribution in [3.05, 3.63) is 34.9 Å². The number of ether oxygens (including phenoxy) is 1. The molecule has 0 saturated carbocycles. The van der Waals surface area contributed by atoms with Gasteiger partial charge in [-0.25, -0.2) is 0 Å². The zero-order chi connectivity index (χ0) is 17.7. The lowest BCUT2D eigenvalue weighted by Crippen LogP contribution is -2.33. The minimum Gasteiger partial charge on any atom is -0.460 e. The van der Waals surface area contributed by atoms with Gasteiger partial charge in [-0.3, -0.25) is 4.79 Å². The Bertz CT molecular complexity index is 432. The molecule has 0 spiro atoms. The van der Waals surface area contributed by atoms with Crippen molar-refractivity contribution in [2.24, 2.45) is 5.73 Å². The summed E-state index contributed by atoms with van der Waals surface area (Å²) in [6, 6.07) is -0.736. The lowest BCUT2D eigenvalue weighted by molar-refractivity contribution is -0.144. The molecule has 0 aromatic rings. The maximum atomic E-state index is 11.5. The van der Waals surface area contributed by atoms with Crippen LogP contribution in [0.4, 0.5) is 0 Å². The molecule has 0 fully saturated rings. The smallest absolute Gasteiger partial charge is 0.323 e. The highest BCUT2D eigenvalue weighted by molar-refractivity contribution is 5.75. The molecule has 3 N–H and O–H groups in total. The number of aliphatic hydroxyl groups excluding tert-OH is 1. The van der Waals surface area contributed by atoms with E-state index in [0.29, 0.717) is 0 Å². The van der Waals surface area contributed by atoms with E-state index in [1.54, 1.807) is 0 Å². The number of esters is 1. The van der Waals surface area contributed by atoms with Crippen LogP contribution in [0.25, 0.3) is 0 Å². The second-order valence-electron chi connectivity index (χ2n) is 6.21. The number of nitrogens with two attached hydrogens (primary N) is 1. The van der Waals surface area contributed by atoms with Crippen molar-refractivity contribution >= 4 is 5.97 Å². The van der Waals surface area contributed by atoms with Crippen LogP contribution in [-0.2, 0) is 9.53 Å². The number of carbonyl (C=O) groups excluding carboxylic acids is 1. The SMILES string of the molecule is CC(C)=CCCC(C)=CCCC(C)=CCOC(=O)[C@@H](N)CCO. The molecule has 23 heavy (non-hydrogen) atoms. The molecule has 0 aliphatic carbocycles. The van der Waals surface area contributed by atoms with Gasteiger partial charge < -0.3 is 15.6 Å². The van der Waals surface area contributed by atoms with E-state index in [0.717, 1.165) is 25.7 Å². The second kappa shape index (κ2) is 13.1. The van der Waals surface area contributed by atoms with Gasteiger partial charge in [-0.05, 0) is 65.9 Å². The van der Waals surface area contributed by atoms with Crippen molar-refractivity contribution < 1.29 is 14.6 Å². The van der Waals surface area contributed by atoms with Crippen molar-refractivity contribution in [2.75, 3.05) is 13.2 Å². The molecule has 0 amide bonds. The molecule has 0 aliphatic heterocycles. The van der Waals surface area contributed by atoms with Crippen LogP contribution in [0.3, 0.4) is 0 Å². The monoisotopic (exact) mass is 323 g/mol. The Morgan fingerprint density at radius 2 is 1.61 bits per heavy atom. The number of rotatable bonds is 11. The van der Waals surface area contributed by atoms with Crippen LogP contribution in [-0.4, -0.2) is 30.3 Å². The van der Waals surface area contributed by atoms with Gasteiger partial charge in [0.2, 0.25) is 0 Å². The largest absolute Gasteiger partial charge is 0.460 e. The molecule has 0 aromatic heterocycles. The van der Waals surface area contributed by atoms with Crippen molar-refractivity contribution in [3.63, 3.8) is 0 Å². The molecule has 0 bridgehead atoms. The van der Waals surface area contributed by atoms with E-state index in [9.17, 15) is 4.79 Å². The molecular formula is C19H33NO3. The molecule has 0 saturated heterocycles. The molecule has 0 rings (SSSR count). The summed E-state index contributed by atoms with van der Waals surface area (Å²) in [6.07, 6.45) is 10.9. The van der Waals surface area contributed by atoms with Crippen LogP contribution in [0, 0.1) is 0 Å². The first-order valence-electron chi connectivity index (χ1n) is 8.34. The van der Waals surface area contributed by atoms with Gasteiger partial charge in [0.1, 0.15) is 12.6 Å². The van der Waals surface area contributed by atoms with E-state index in [-0.39, 0.29) is 19.6 Å². The summed E-state index contributed by atoms with van der Waals surface area (Å²) in [7, 11) is 0. The van der Waals surface area contributed by atoms with Gasteiger partial charge in [0.25, 0.3) is 0 Å². The van der Waals surface area contributed by atoms with Gasteiger partial charge in [0, 0.05) is 6.61 Å². The summed E-state index contributed by atoms with van der Waals surface area (Å²) < 4.78 is 5.06. The zero-order valence-corrected chi connectivity index (χ0v) is 15.1. The lowest BCUT2D eigenvalue weighted by Gasteiger charge is -2.08. The second-order valence-corrected chi connectivity index (χ2v) is 6.21. The van der Waals surface area contributed by atoms with Crippen molar-refractivity contribution in [1.29, 1.82) is 0 Å². The number of hydrogen-bond acceptors (Lipinski definition) is 4. The summed E-state index contributed by atoms with van der Waals surface area (Å²) in [5.41, 5.74) is 9.52. The van der Waals surface area contributed by atoms with Crippen LogP contribution in [0.2, 0.25) is 0 Å². The van der Waals surface area contributed by atoms with Crippen molar-refractivity contribution in [1.82, 2.24) is 0 Å². The summed E-state index contributed by atoms with van der Waals surface area (Å²) in [5.74, 6) is -0.460. The van der Waals surface area contributed by atoms with Gasteiger partial charge >= 0.3 is 5.97 Å². The van der Waals surface area contributed by atoms with Gasteiger partial charge in [0.05, 0.1) is 0 Å². The van der Waals surface area contributed by atoms with E-state index in [4.69, 9.17) is 15.6 Å². The third kappa shape index (κ3) is 12.8. The fourth-order valence-corrected chi connectivity index (χ4v) is 1.97. The molecule has 4 nitrogen and oxygen atoms in total. The normalized spacial score (nSPS) is 13.7. The van der Waals surface area contributed by atoms with E-state index in [1.165, 1.54) is 16.7 Å². The predicted molar refractivity (Wildman–Crippen MR) is 96.1 cm³/mol. The summed E-state index contributed by atoms with van der Waals surface area (Å²) >= 11 is 0. The van der Waals surface area contributed by atoms with Crippen LogP contribution >= 0.6 is 0 Å². The van der Waals surface area contributed by atoms with Gasteiger partial charge in [-0.2, -0.15) is 0 Å². The number of aliphatic hydroxyl groups is 1. The van der Waals surface area contributed by atoms with Gasteiger partial charge in [0.15, 0.2) is 0 Å². The average molecular weight is 323 g/mol.